The molecule has 1 aromatic rings. The molecule has 0 heterocycles. The Morgan fingerprint density at radius 2 is 2.35 bits per heavy atom. The van der Waals surface area contributed by atoms with E-state index in [9.17, 15) is 4.21 Å². The van der Waals surface area contributed by atoms with Crippen LogP contribution in [0.5, 0.6) is 0 Å². The fraction of sp³-hybridized carbons (Fsp3) is 0.538. The first-order chi connectivity index (χ1) is 8.16. The van der Waals surface area contributed by atoms with Gasteiger partial charge >= 0.3 is 0 Å². The van der Waals surface area contributed by atoms with Gasteiger partial charge in [0.2, 0.25) is 0 Å². The van der Waals surface area contributed by atoms with E-state index in [0.29, 0.717) is 6.04 Å². The minimum Gasteiger partial charge on any atom is -0.310 e. The van der Waals surface area contributed by atoms with Crippen molar-refractivity contribution in [2.24, 2.45) is 0 Å². The van der Waals surface area contributed by atoms with Crippen LogP contribution in [-0.4, -0.2) is 22.8 Å². The topological polar surface area (TPSA) is 29.1 Å². The molecule has 0 bridgehead atoms. The Morgan fingerprint density at radius 1 is 1.53 bits per heavy atom. The van der Waals surface area contributed by atoms with Crippen molar-refractivity contribution < 1.29 is 4.21 Å². The molecule has 1 aromatic carbocycles. The Bertz CT molecular complexity index is 422. The molecule has 0 radical (unpaired) electrons. The zero-order chi connectivity index (χ0) is 12.3. The molecule has 0 aromatic heterocycles. The minimum absolute atomic E-state index is 0.489. The summed E-state index contributed by atoms with van der Waals surface area (Å²) >= 11 is 3.51. The monoisotopic (exact) mass is 315 g/mol. The number of halogens is 1. The van der Waals surface area contributed by atoms with Gasteiger partial charge < -0.3 is 5.32 Å². The highest BCUT2D eigenvalue weighted by atomic mass is 79.9. The SMILES string of the molecule is CS(=O)CCCNC1CCc2cc(Br)ccc21. The van der Waals surface area contributed by atoms with Crippen LogP contribution in [0.4, 0.5) is 0 Å². The summed E-state index contributed by atoms with van der Waals surface area (Å²) in [5, 5.41) is 3.56. The zero-order valence-electron chi connectivity index (χ0n) is 10.0. The van der Waals surface area contributed by atoms with Crippen molar-refractivity contribution in [3.8, 4) is 0 Å². The summed E-state index contributed by atoms with van der Waals surface area (Å²) in [4.78, 5) is 0. The van der Waals surface area contributed by atoms with E-state index in [0.717, 1.165) is 25.1 Å². The van der Waals surface area contributed by atoms with Crippen molar-refractivity contribution in [3.63, 3.8) is 0 Å². The van der Waals surface area contributed by atoms with Crippen molar-refractivity contribution in [2.75, 3.05) is 18.6 Å². The molecule has 0 saturated heterocycles. The molecule has 2 nitrogen and oxygen atoms in total. The van der Waals surface area contributed by atoms with E-state index in [-0.39, 0.29) is 0 Å². The van der Waals surface area contributed by atoms with Gasteiger partial charge in [0, 0.05) is 33.3 Å². The number of benzene rings is 1. The van der Waals surface area contributed by atoms with Gasteiger partial charge in [-0.3, -0.25) is 4.21 Å². The van der Waals surface area contributed by atoms with E-state index >= 15 is 0 Å². The summed E-state index contributed by atoms with van der Waals surface area (Å²) in [5.74, 6) is 0.799. The van der Waals surface area contributed by atoms with Crippen LogP contribution in [-0.2, 0) is 17.2 Å². The largest absolute Gasteiger partial charge is 0.310 e. The summed E-state index contributed by atoms with van der Waals surface area (Å²) in [5.41, 5.74) is 2.89. The molecule has 1 aliphatic rings. The number of nitrogens with one attached hydrogen (secondary N) is 1. The second-order valence-electron chi connectivity index (χ2n) is 4.52. The third kappa shape index (κ3) is 3.63. The second kappa shape index (κ2) is 6.12. The van der Waals surface area contributed by atoms with Gasteiger partial charge in [0.1, 0.15) is 0 Å². The number of fused-ring (bicyclic) bond motifs is 1. The maximum atomic E-state index is 11.0. The van der Waals surface area contributed by atoms with Crippen molar-refractivity contribution in [1.82, 2.24) is 5.32 Å². The first-order valence-electron chi connectivity index (χ1n) is 5.98. The Morgan fingerprint density at radius 3 is 3.12 bits per heavy atom. The third-order valence-corrected chi connectivity index (χ3v) is 4.54. The molecule has 17 heavy (non-hydrogen) atoms. The highest BCUT2D eigenvalue weighted by Crippen LogP contribution is 2.32. The predicted octanol–water partition coefficient (Wildman–Crippen LogP) is 2.79. The molecule has 2 atom stereocenters. The summed E-state index contributed by atoms with van der Waals surface area (Å²) < 4.78 is 12.1. The molecule has 1 N–H and O–H groups in total. The molecule has 1 aliphatic carbocycles. The van der Waals surface area contributed by atoms with Gasteiger partial charge in [0.15, 0.2) is 0 Å². The Hall–Kier alpha value is -0.190. The molecule has 0 spiro atoms. The van der Waals surface area contributed by atoms with E-state index in [2.05, 4.69) is 39.4 Å². The van der Waals surface area contributed by atoms with Crippen LogP contribution in [0.25, 0.3) is 0 Å². The van der Waals surface area contributed by atoms with Gasteiger partial charge in [-0.1, -0.05) is 22.0 Å². The smallest absolute Gasteiger partial charge is 0.0326 e. The van der Waals surface area contributed by atoms with Gasteiger partial charge in [-0.05, 0) is 49.1 Å². The van der Waals surface area contributed by atoms with Crippen LogP contribution in [0.2, 0.25) is 0 Å². The first-order valence-corrected chi connectivity index (χ1v) is 8.50. The minimum atomic E-state index is -0.663. The fourth-order valence-electron chi connectivity index (χ4n) is 2.35. The highest BCUT2D eigenvalue weighted by Gasteiger charge is 2.21. The van der Waals surface area contributed by atoms with Crippen molar-refractivity contribution in [1.29, 1.82) is 0 Å². The number of hydrogen-bond acceptors (Lipinski definition) is 2. The maximum absolute atomic E-state index is 11.0. The molecule has 0 aliphatic heterocycles. The molecule has 0 saturated carbocycles. The predicted molar refractivity (Wildman–Crippen MR) is 76.8 cm³/mol. The van der Waals surface area contributed by atoms with Crippen molar-refractivity contribution >= 4 is 26.7 Å². The lowest BCUT2D eigenvalue weighted by atomic mass is 10.1. The van der Waals surface area contributed by atoms with E-state index in [1.54, 1.807) is 6.26 Å². The van der Waals surface area contributed by atoms with Crippen LogP contribution in [0.3, 0.4) is 0 Å². The van der Waals surface area contributed by atoms with Gasteiger partial charge in [0.25, 0.3) is 0 Å². The average Bonchev–Trinajstić information content (AvgIpc) is 2.66. The summed E-state index contributed by atoms with van der Waals surface area (Å²) in [7, 11) is -0.663. The maximum Gasteiger partial charge on any atom is 0.0326 e. The van der Waals surface area contributed by atoms with Crippen LogP contribution in [0.15, 0.2) is 22.7 Å². The normalized spacial score (nSPS) is 20.2. The molecular formula is C13H18BrNOS. The van der Waals surface area contributed by atoms with E-state index < -0.39 is 10.8 Å². The fourth-order valence-corrected chi connectivity index (χ4v) is 3.31. The summed E-state index contributed by atoms with van der Waals surface area (Å²) in [6, 6.07) is 7.03. The molecule has 2 unspecified atom stereocenters. The van der Waals surface area contributed by atoms with Crippen LogP contribution >= 0.6 is 15.9 Å². The number of hydrogen-bond donors (Lipinski definition) is 1. The molecule has 2 rings (SSSR count). The lowest BCUT2D eigenvalue weighted by Crippen LogP contribution is -2.21. The Labute approximate surface area is 114 Å². The quantitative estimate of drug-likeness (QED) is 0.847. The van der Waals surface area contributed by atoms with Crippen LogP contribution in [0.1, 0.15) is 30.0 Å². The van der Waals surface area contributed by atoms with Crippen LogP contribution in [0, 0.1) is 0 Å². The molecule has 4 heteroatoms. The van der Waals surface area contributed by atoms with Gasteiger partial charge in [-0.15, -0.1) is 0 Å². The van der Waals surface area contributed by atoms with Gasteiger partial charge in [-0.25, -0.2) is 0 Å². The highest BCUT2D eigenvalue weighted by molar-refractivity contribution is 9.10. The Balaban J connectivity index is 1.87. The van der Waals surface area contributed by atoms with Crippen molar-refractivity contribution in [3.05, 3.63) is 33.8 Å². The lowest BCUT2D eigenvalue weighted by molar-refractivity contribution is 0.529. The molecular weight excluding hydrogens is 298 g/mol. The lowest BCUT2D eigenvalue weighted by Gasteiger charge is -2.13. The van der Waals surface area contributed by atoms with Crippen molar-refractivity contribution in [2.45, 2.75) is 25.3 Å². The van der Waals surface area contributed by atoms with Crippen LogP contribution < -0.4 is 5.32 Å². The van der Waals surface area contributed by atoms with E-state index in [4.69, 9.17) is 0 Å². The van der Waals surface area contributed by atoms with E-state index in [1.807, 2.05) is 0 Å². The molecule has 0 fully saturated rings. The molecule has 94 valence electrons. The second-order valence-corrected chi connectivity index (χ2v) is 6.99. The summed E-state index contributed by atoms with van der Waals surface area (Å²) in [6.45, 7) is 0.958. The van der Waals surface area contributed by atoms with Gasteiger partial charge in [0.05, 0.1) is 0 Å². The third-order valence-electron chi connectivity index (χ3n) is 3.18. The number of aryl methyl sites for hydroxylation is 1. The standard InChI is InChI=1S/C13H18BrNOS/c1-17(16)8-2-7-15-13-6-3-10-9-11(14)4-5-12(10)13/h4-5,9,13,15H,2-3,6-8H2,1H3. The average molecular weight is 316 g/mol. The van der Waals surface area contributed by atoms with Gasteiger partial charge in [-0.2, -0.15) is 0 Å². The van der Waals surface area contributed by atoms with E-state index in [1.165, 1.54) is 22.0 Å². The molecule has 0 amide bonds. The Kier molecular flexibility index (Phi) is 4.77. The summed E-state index contributed by atoms with van der Waals surface area (Å²) in [6.07, 6.45) is 5.10. The number of rotatable bonds is 5. The zero-order valence-corrected chi connectivity index (χ0v) is 12.4. The first kappa shape index (κ1) is 13.2.